The predicted molar refractivity (Wildman–Crippen MR) is 115 cm³/mol. The summed E-state index contributed by atoms with van der Waals surface area (Å²) in [7, 11) is 0. The molecule has 0 N–H and O–H groups in total. The fourth-order valence-corrected chi connectivity index (χ4v) is 3.62. The summed E-state index contributed by atoms with van der Waals surface area (Å²) in [6.45, 7) is 10.9. The summed E-state index contributed by atoms with van der Waals surface area (Å²) in [5, 5.41) is 0. The molecule has 2 heteroatoms. The lowest BCUT2D eigenvalue weighted by atomic mass is 9.96. The van der Waals surface area contributed by atoms with E-state index < -0.39 is 0 Å². The van der Waals surface area contributed by atoms with Gasteiger partial charge in [0.2, 0.25) is 0 Å². The first-order valence-electron chi connectivity index (χ1n) is 11.4. The lowest BCUT2D eigenvalue weighted by Crippen LogP contribution is -2.11. The van der Waals surface area contributed by atoms with Gasteiger partial charge in [0.25, 0.3) is 0 Å². The summed E-state index contributed by atoms with van der Waals surface area (Å²) in [5.74, 6) is 0.957. The molecule has 1 aromatic rings. The van der Waals surface area contributed by atoms with E-state index in [9.17, 15) is 0 Å². The van der Waals surface area contributed by atoms with Gasteiger partial charge in [0.15, 0.2) is 0 Å². The summed E-state index contributed by atoms with van der Waals surface area (Å²) in [6, 6.07) is 0. The molecule has 0 spiro atoms. The molecule has 0 amide bonds. The van der Waals surface area contributed by atoms with Gasteiger partial charge in [0.05, 0.1) is 0 Å². The molecule has 149 valence electrons. The van der Waals surface area contributed by atoms with Gasteiger partial charge >= 0.3 is 0 Å². The minimum absolute atomic E-state index is 0.708. The van der Waals surface area contributed by atoms with E-state index in [1.54, 1.807) is 0 Å². The van der Waals surface area contributed by atoms with Crippen LogP contribution < -0.4 is 0 Å². The van der Waals surface area contributed by atoms with Crippen molar-refractivity contribution >= 4 is 0 Å². The van der Waals surface area contributed by atoms with Crippen molar-refractivity contribution in [3.05, 3.63) is 29.7 Å². The number of rotatable bonds is 16. The van der Waals surface area contributed by atoms with Crippen LogP contribution in [0.1, 0.15) is 121 Å². The molecule has 0 fully saturated rings. The fraction of sp³-hybridized carbons (Fsp3) is 0.792. The summed E-state index contributed by atoms with van der Waals surface area (Å²) >= 11 is 0. The van der Waals surface area contributed by atoms with Crippen LogP contribution >= 0.6 is 0 Å². The molecule has 26 heavy (non-hydrogen) atoms. The molecule has 0 unspecified atom stereocenters. The van der Waals surface area contributed by atoms with Crippen molar-refractivity contribution in [2.75, 3.05) is 0 Å². The topological polar surface area (TPSA) is 25.8 Å². The van der Waals surface area contributed by atoms with E-state index in [0.29, 0.717) is 6.42 Å². The second-order valence-corrected chi connectivity index (χ2v) is 7.69. The van der Waals surface area contributed by atoms with E-state index in [1.807, 2.05) is 0 Å². The molecule has 1 heterocycles. The first kappa shape index (κ1) is 23.1. The normalized spacial score (nSPS) is 11.2. The lowest BCUT2D eigenvalue weighted by Gasteiger charge is -2.16. The van der Waals surface area contributed by atoms with E-state index in [-0.39, 0.29) is 0 Å². The monoisotopic (exact) mass is 359 g/mol. The highest BCUT2D eigenvalue weighted by Crippen LogP contribution is 2.21. The molecule has 2 nitrogen and oxygen atoms in total. The molecular weight excluding hydrogens is 316 g/mol. The molecule has 0 aliphatic rings. The zero-order valence-electron chi connectivity index (χ0n) is 17.9. The van der Waals surface area contributed by atoms with E-state index >= 15 is 0 Å². The van der Waals surface area contributed by atoms with Gasteiger partial charge in [-0.25, -0.2) is 9.97 Å². The van der Waals surface area contributed by atoms with Crippen LogP contribution in [0.5, 0.6) is 0 Å². The quantitative estimate of drug-likeness (QED) is 0.291. The van der Waals surface area contributed by atoms with Crippen LogP contribution in [-0.2, 0) is 25.7 Å². The second kappa shape index (κ2) is 15.2. The van der Waals surface area contributed by atoms with E-state index in [0.717, 1.165) is 18.7 Å². The van der Waals surface area contributed by atoms with Gasteiger partial charge in [-0.2, -0.15) is 0 Å². The third-order valence-corrected chi connectivity index (χ3v) is 5.26. The zero-order chi connectivity index (χ0) is 19.0. The van der Waals surface area contributed by atoms with E-state index in [1.165, 1.54) is 100 Å². The van der Waals surface area contributed by atoms with E-state index in [4.69, 9.17) is 9.97 Å². The number of hydrogen-bond acceptors (Lipinski definition) is 2. The largest absolute Gasteiger partial charge is 0.238 e. The third kappa shape index (κ3) is 9.14. The molecule has 0 aliphatic carbocycles. The van der Waals surface area contributed by atoms with Crippen LogP contribution in [0.15, 0.2) is 0 Å². The Morgan fingerprint density at radius 2 is 1.00 bits per heavy atom. The van der Waals surface area contributed by atoms with Crippen LogP contribution in [-0.4, -0.2) is 9.97 Å². The number of nitrogens with zero attached hydrogens (tertiary/aromatic N) is 2. The standard InChI is InChI=1S/C24H43N2/c1-5-9-12-15-18-21-22(19-16-13-10-6-2)25-24(8-4)26-23(21)20-17-14-11-7-3/h4-20H2,1-3H3. The average Bonchev–Trinajstić information content (AvgIpc) is 2.66. The van der Waals surface area contributed by atoms with Gasteiger partial charge in [-0.15, -0.1) is 0 Å². The smallest absolute Gasteiger partial charge is 0.128 e. The molecule has 1 rings (SSSR count). The number of hydrogen-bond donors (Lipinski definition) is 0. The molecule has 1 radical (unpaired) electrons. The van der Waals surface area contributed by atoms with Crippen LogP contribution in [0.25, 0.3) is 0 Å². The first-order valence-corrected chi connectivity index (χ1v) is 11.4. The van der Waals surface area contributed by atoms with Crippen LogP contribution in [0.4, 0.5) is 0 Å². The highest BCUT2D eigenvalue weighted by Gasteiger charge is 2.13. The Bertz CT molecular complexity index is 434. The Morgan fingerprint density at radius 1 is 0.577 bits per heavy atom. The summed E-state index contributed by atoms with van der Waals surface area (Å²) in [5.41, 5.74) is 4.18. The van der Waals surface area contributed by atoms with Gasteiger partial charge in [0.1, 0.15) is 5.82 Å². The van der Waals surface area contributed by atoms with Crippen molar-refractivity contribution in [1.82, 2.24) is 9.97 Å². The predicted octanol–water partition coefficient (Wildman–Crippen LogP) is 7.22. The van der Waals surface area contributed by atoms with Gasteiger partial charge < -0.3 is 0 Å². The summed E-state index contributed by atoms with van der Waals surface area (Å²) < 4.78 is 0. The third-order valence-electron chi connectivity index (χ3n) is 5.26. The number of aromatic nitrogens is 2. The molecular formula is C24H43N2. The maximum absolute atomic E-state index is 4.92. The van der Waals surface area contributed by atoms with Crippen molar-refractivity contribution in [1.29, 1.82) is 0 Å². The average molecular weight is 360 g/mol. The van der Waals surface area contributed by atoms with Crippen molar-refractivity contribution in [2.24, 2.45) is 0 Å². The summed E-state index contributed by atoms with van der Waals surface area (Å²) in [4.78, 5) is 9.84. The Balaban J connectivity index is 2.88. The maximum atomic E-state index is 4.92. The van der Waals surface area contributed by atoms with Gasteiger partial charge in [-0.3, -0.25) is 0 Å². The Morgan fingerprint density at radius 3 is 1.38 bits per heavy atom. The SMILES string of the molecule is [CH2]Cc1nc(CCCCCC)c(CCCCCC)c(CCCCCC)n1. The fourth-order valence-electron chi connectivity index (χ4n) is 3.62. The number of aryl methyl sites for hydroxylation is 2. The highest BCUT2D eigenvalue weighted by molar-refractivity contribution is 5.27. The van der Waals surface area contributed by atoms with Crippen molar-refractivity contribution in [2.45, 2.75) is 124 Å². The van der Waals surface area contributed by atoms with Crippen LogP contribution in [0.3, 0.4) is 0 Å². The van der Waals surface area contributed by atoms with Crippen LogP contribution in [0.2, 0.25) is 0 Å². The highest BCUT2D eigenvalue weighted by atomic mass is 14.9. The molecule has 0 saturated heterocycles. The molecule has 0 bridgehead atoms. The minimum Gasteiger partial charge on any atom is -0.238 e. The van der Waals surface area contributed by atoms with Crippen molar-refractivity contribution in [3.63, 3.8) is 0 Å². The van der Waals surface area contributed by atoms with Crippen molar-refractivity contribution < 1.29 is 0 Å². The second-order valence-electron chi connectivity index (χ2n) is 7.69. The molecule has 0 aromatic carbocycles. The van der Waals surface area contributed by atoms with Crippen LogP contribution in [0, 0.1) is 6.92 Å². The minimum atomic E-state index is 0.708. The maximum Gasteiger partial charge on any atom is 0.128 e. The van der Waals surface area contributed by atoms with Gasteiger partial charge in [0, 0.05) is 17.8 Å². The molecule has 1 aromatic heterocycles. The molecule has 0 atom stereocenters. The molecule has 0 aliphatic heterocycles. The van der Waals surface area contributed by atoms with Gasteiger partial charge in [-0.05, 0) is 51.0 Å². The Labute approximate surface area is 163 Å². The Kier molecular flexibility index (Phi) is 13.5. The summed E-state index contributed by atoms with van der Waals surface area (Å²) in [6.07, 6.45) is 19.8. The lowest BCUT2D eigenvalue weighted by molar-refractivity contribution is 0.621. The molecule has 0 saturated carbocycles. The number of unbranched alkanes of at least 4 members (excludes halogenated alkanes) is 9. The zero-order valence-corrected chi connectivity index (χ0v) is 17.9. The van der Waals surface area contributed by atoms with Crippen molar-refractivity contribution in [3.8, 4) is 0 Å². The first-order chi connectivity index (χ1) is 12.8. The van der Waals surface area contributed by atoms with Gasteiger partial charge in [-0.1, -0.05) is 78.6 Å². The van der Waals surface area contributed by atoms with E-state index in [2.05, 4.69) is 27.7 Å². The Hall–Kier alpha value is -0.920.